The molecule has 1 amide bonds. The average molecular weight is 364 g/mol. The maximum absolute atomic E-state index is 12.4. The predicted molar refractivity (Wildman–Crippen MR) is 85.4 cm³/mol. The van der Waals surface area contributed by atoms with Crippen LogP contribution in [0.5, 0.6) is 5.75 Å². The summed E-state index contributed by atoms with van der Waals surface area (Å²) in [4.78, 5) is 14.3. The van der Waals surface area contributed by atoms with Gasteiger partial charge in [-0.1, -0.05) is 15.9 Å². The van der Waals surface area contributed by atoms with Gasteiger partial charge >= 0.3 is 0 Å². The maximum atomic E-state index is 12.4. The lowest BCUT2D eigenvalue weighted by Gasteiger charge is -2.24. The summed E-state index contributed by atoms with van der Waals surface area (Å²) >= 11 is 3.42. The molecule has 1 aromatic carbocycles. The number of carbonyl (C=O) groups excluding carboxylic acids is 1. The number of benzene rings is 1. The first-order valence-electron chi connectivity index (χ1n) is 6.47. The molecule has 0 radical (unpaired) electrons. The van der Waals surface area contributed by atoms with Crippen molar-refractivity contribution in [1.82, 2.24) is 4.90 Å². The second kappa shape index (κ2) is 7.86. The Morgan fingerprint density at radius 3 is 2.95 bits per heavy atom. The second-order valence-electron chi connectivity index (χ2n) is 4.75. The van der Waals surface area contributed by atoms with Crippen LogP contribution in [-0.2, 0) is 11.2 Å². The van der Waals surface area contributed by atoms with Crippen molar-refractivity contribution in [2.75, 3.05) is 20.2 Å². The molecule has 1 aliphatic rings. The Bertz CT molecular complexity index is 470. The highest BCUT2D eigenvalue weighted by atomic mass is 79.9. The molecule has 0 aromatic heterocycles. The van der Waals surface area contributed by atoms with Crippen LogP contribution in [0.25, 0.3) is 0 Å². The quantitative estimate of drug-likeness (QED) is 0.893. The molecule has 1 heterocycles. The van der Waals surface area contributed by atoms with Gasteiger partial charge in [0.15, 0.2) is 0 Å². The van der Waals surface area contributed by atoms with E-state index in [1.807, 2.05) is 23.1 Å². The Morgan fingerprint density at radius 1 is 1.55 bits per heavy atom. The van der Waals surface area contributed by atoms with Gasteiger partial charge in [0.2, 0.25) is 5.91 Å². The fraction of sp³-hybridized carbons (Fsp3) is 0.500. The first kappa shape index (κ1) is 17.3. The van der Waals surface area contributed by atoms with Crippen molar-refractivity contribution in [2.45, 2.75) is 25.3 Å². The molecule has 1 aromatic rings. The zero-order valence-corrected chi connectivity index (χ0v) is 13.9. The second-order valence-corrected chi connectivity index (χ2v) is 5.67. The van der Waals surface area contributed by atoms with E-state index in [0.29, 0.717) is 13.0 Å². The molecule has 1 aliphatic heterocycles. The average Bonchev–Trinajstić information content (AvgIpc) is 2.87. The van der Waals surface area contributed by atoms with Gasteiger partial charge in [0.1, 0.15) is 5.75 Å². The van der Waals surface area contributed by atoms with Crippen LogP contribution in [0.15, 0.2) is 22.7 Å². The third-order valence-corrected chi connectivity index (χ3v) is 4.05. The van der Waals surface area contributed by atoms with Gasteiger partial charge in [0.05, 0.1) is 13.5 Å². The molecule has 6 heteroatoms. The van der Waals surface area contributed by atoms with Crippen molar-refractivity contribution in [2.24, 2.45) is 5.73 Å². The van der Waals surface area contributed by atoms with E-state index in [9.17, 15) is 4.79 Å². The zero-order valence-electron chi connectivity index (χ0n) is 11.5. The SMILES string of the molecule is COc1ccc(Br)cc1CC(=O)N1CCCC1CN.Cl. The lowest BCUT2D eigenvalue weighted by Crippen LogP contribution is -2.40. The van der Waals surface area contributed by atoms with Gasteiger partial charge < -0.3 is 15.4 Å². The van der Waals surface area contributed by atoms with Gasteiger partial charge in [-0.3, -0.25) is 4.79 Å². The number of carbonyl (C=O) groups is 1. The van der Waals surface area contributed by atoms with Crippen LogP contribution in [0.4, 0.5) is 0 Å². The van der Waals surface area contributed by atoms with E-state index in [2.05, 4.69) is 15.9 Å². The largest absolute Gasteiger partial charge is 0.496 e. The molecule has 1 unspecified atom stereocenters. The summed E-state index contributed by atoms with van der Waals surface area (Å²) in [5.74, 6) is 0.879. The number of rotatable bonds is 4. The highest BCUT2D eigenvalue weighted by molar-refractivity contribution is 9.10. The van der Waals surface area contributed by atoms with Gasteiger partial charge in [0, 0.05) is 29.2 Å². The van der Waals surface area contributed by atoms with E-state index in [4.69, 9.17) is 10.5 Å². The molecule has 2 rings (SSSR count). The van der Waals surface area contributed by atoms with Crippen LogP contribution in [0.1, 0.15) is 18.4 Å². The van der Waals surface area contributed by atoms with Gasteiger partial charge in [-0.05, 0) is 31.0 Å². The summed E-state index contributed by atoms with van der Waals surface area (Å²) in [5.41, 5.74) is 6.62. The Kier molecular flexibility index (Phi) is 6.79. The minimum absolute atomic E-state index is 0. The first-order valence-corrected chi connectivity index (χ1v) is 7.27. The fourth-order valence-corrected chi connectivity index (χ4v) is 2.97. The van der Waals surface area contributed by atoms with Crippen LogP contribution < -0.4 is 10.5 Å². The molecule has 1 fully saturated rings. The molecule has 0 spiro atoms. The van der Waals surface area contributed by atoms with Crippen LogP contribution in [0.2, 0.25) is 0 Å². The molecule has 1 atom stereocenters. The summed E-state index contributed by atoms with van der Waals surface area (Å²) in [6.45, 7) is 1.36. The molecular formula is C14H20BrClN2O2. The number of nitrogens with two attached hydrogens (primary N) is 1. The summed E-state index contributed by atoms with van der Waals surface area (Å²) in [7, 11) is 1.62. The van der Waals surface area contributed by atoms with E-state index in [1.54, 1.807) is 7.11 Å². The van der Waals surface area contributed by atoms with Gasteiger partial charge in [-0.15, -0.1) is 12.4 Å². The molecule has 112 valence electrons. The molecule has 0 bridgehead atoms. The third-order valence-electron chi connectivity index (χ3n) is 3.55. The number of methoxy groups -OCH3 is 1. The fourth-order valence-electron chi connectivity index (χ4n) is 2.56. The zero-order chi connectivity index (χ0) is 13.8. The summed E-state index contributed by atoms with van der Waals surface area (Å²) in [6.07, 6.45) is 2.42. The Labute approximate surface area is 134 Å². The first-order chi connectivity index (χ1) is 9.15. The maximum Gasteiger partial charge on any atom is 0.227 e. The molecular weight excluding hydrogens is 344 g/mol. The number of hydrogen-bond acceptors (Lipinski definition) is 3. The van der Waals surface area contributed by atoms with Crippen molar-refractivity contribution < 1.29 is 9.53 Å². The number of amides is 1. The van der Waals surface area contributed by atoms with E-state index in [0.717, 1.165) is 35.2 Å². The highest BCUT2D eigenvalue weighted by Gasteiger charge is 2.27. The number of likely N-dealkylation sites (tertiary alicyclic amines) is 1. The minimum atomic E-state index is 0. The van der Waals surface area contributed by atoms with E-state index < -0.39 is 0 Å². The Morgan fingerprint density at radius 2 is 2.30 bits per heavy atom. The standard InChI is InChI=1S/C14H19BrN2O2.ClH/c1-19-13-5-4-11(15)7-10(13)8-14(18)17-6-2-3-12(17)9-16;/h4-5,7,12H,2-3,6,8-9,16H2,1H3;1H. The molecule has 0 saturated carbocycles. The van der Waals surface area contributed by atoms with Crippen molar-refractivity contribution in [3.63, 3.8) is 0 Å². The monoisotopic (exact) mass is 362 g/mol. The number of halogens is 2. The van der Waals surface area contributed by atoms with Crippen molar-refractivity contribution >= 4 is 34.2 Å². The van der Waals surface area contributed by atoms with Crippen LogP contribution in [-0.4, -0.2) is 37.0 Å². The minimum Gasteiger partial charge on any atom is -0.496 e. The van der Waals surface area contributed by atoms with Crippen LogP contribution >= 0.6 is 28.3 Å². The molecule has 1 saturated heterocycles. The van der Waals surface area contributed by atoms with Gasteiger partial charge in [-0.25, -0.2) is 0 Å². The summed E-state index contributed by atoms with van der Waals surface area (Å²) in [6, 6.07) is 5.91. The Hall–Kier alpha value is -0.780. The highest BCUT2D eigenvalue weighted by Crippen LogP contribution is 2.25. The Balaban J connectivity index is 0.00000200. The van der Waals surface area contributed by atoms with Crippen molar-refractivity contribution in [3.05, 3.63) is 28.2 Å². The van der Waals surface area contributed by atoms with Crippen LogP contribution in [0, 0.1) is 0 Å². The summed E-state index contributed by atoms with van der Waals surface area (Å²) < 4.78 is 6.25. The summed E-state index contributed by atoms with van der Waals surface area (Å²) in [5, 5.41) is 0. The van der Waals surface area contributed by atoms with E-state index in [1.165, 1.54) is 0 Å². The number of hydrogen-bond donors (Lipinski definition) is 1. The molecule has 4 nitrogen and oxygen atoms in total. The van der Waals surface area contributed by atoms with Crippen LogP contribution in [0.3, 0.4) is 0 Å². The number of nitrogens with zero attached hydrogens (tertiary/aromatic N) is 1. The smallest absolute Gasteiger partial charge is 0.227 e. The normalized spacial score (nSPS) is 17.8. The van der Waals surface area contributed by atoms with Gasteiger partial charge in [0.25, 0.3) is 0 Å². The topological polar surface area (TPSA) is 55.6 Å². The predicted octanol–water partition coefficient (Wildman–Crippen LogP) is 2.37. The molecule has 0 aliphatic carbocycles. The van der Waals surface area contributed by atoms with E-state index in [-0.39, 0.29) is 24.4 Å². The lowest BCUT2D eigenvalue weighted by molar-refractivity contribution is -0.131. The van der Waals surface area contributed by atoms with E-state index >= 15 is 0 Å². The van der Waals surface area contributed by atoms with Crippen molar-refractivity contribution in [1.29, 1.82) is 0 Å². The molecule has 20 heavy (non-hydrogen) atoms. The third kappa shape index (κ3) is 3.87. The number of ether oxygens (including phenoxy) is 1. The van der Waals surface area contributed by atoms with Crippen molar-refractivity contribution in [3.8, 4) is 5.75 Å². The van der Waals surface area contributed by atoms with Gasteiger partial charge in [-0.2, -0.15) is 0 Å². The lowest BCUT2D eigenvalue weighted by atomic mass is 10.1. The molecule has 2 N–H and O–H groups in total.